The highest BCUT2D eigenvalue weighted by molar-refractivity contribution is 7.92. The number of halogens is 4. The predicted octanol–water partition coefficient (Wildman–Crippen LogP) is 7.97. The first-order valence-electron chi connectivity index (χ1n) is 14.4. The van der Waals surface area contributed by atoms with Crippen LogP contribution in [-0.4, -0.2) is 43.8 Å². The van der Waals surface area contributed by atoms with Gasteiger partial charge in [0.25, 0.3) is 10.0 Å². The number of nitrogens with zero attached hydrogens (tertiary/aromatic N) is 2. The molecule has 0 aliphatic rings. The first-order chi connectivity index (χ1) is 21.8. The number of amides is 2. The molecule has 4 aromatic rings. The number of aryl methyl sites for hydroxylation is 1. The van der Waals surface area contributed by atoms with E-state index in [1.54, 1.807) is 30.3 Å². The highest BCUT2D eigenvalue weighted by Crippen LogP contribution is 2.31. The summed E-state index contributed by atoms with van der Waals surface area (Å²) >= 11 is 25.7. The van der Waals surface area contributed by atoms with Crippen molar-refractivity contribution in [1.82, 2.24) is 10.2 Å². The summed E-state index contributed by atoms with van der Waals surface area (Å²) in [6.45, 7) is 4.60. The van der Waals surface area contributed by atoms with Gasteiger partial charge in [0.2, 0.25) is 11.8 Å². The summed E-state index contributed by atoms with van der Waals surface area (Å²) in [6, 6.07) is 23.4. The lowest BCUT2D eigenvalue weighted by atomic mass is 10.0. The van der Waals surface area contributed by atoms with Crippen LogP contribution in [0.3, 0.4) is 0 Å². The zero-order valence-corrected chi connectivity index (χ0v) is 29.2. The lowest BCUT2D eigenvalue weighted by Gasteiger charge is -2.34. The van der Waals surface area contributed by atoms with Gasteiger partial charge in [-0.15, -0.1) is 0 Å². The normalized spacial score (nSPS) is 12.1. The fraction of sp³-hybridized carbons (Fsp3) is 0.235. The number of carbonyl (C=O) groups is 2. The zero-order chi connectivity index (χ0) is 33.6. The lowest BCUT2D eigenvalue weighted by Crippen LogP contribution is -2.54. The third-order valence-corrected chi connectivity index (χ3v) is 10.0. The molecule has 0 fully saturated rings. The Labute approximate surface area is 290 Å². The minimum Gasteiger partial charge on any atom is -0.352 e. The van der Waals surface area contributed by atoms with E-state index >= 15 is 0 Å². The molecule has 0 spiro atoms. The van der Waals surface area contributed by atoms with Crippen molar-refractivity contribution in [3.05, 3.63) is 128 Å². The van der Waals surface area contributed by atoms with Crippen LogP contribution in [-0.2, 0) is 32.6 Å². The molecule has 2 amide bonds. The van der Waals surface area contributed by atoms with Crippen LogP contribution in [0, 0.1) is 6.92 Å². The molecule has 1 atom stereocenters. The molecule has 7 nitrogen and oxygen atoms in total. The fourth-order valence-electron chi connectivity index (χ4n) is 4.84. The standard InChI is InChI=1S/C34H33Cl4N3O4S/c1-22(2)39-34(43)32(16-24-8-5-4-6-9-24)40(20-29-30(37)10-7-11-31(29)38)33(42)21-41(27-18-25(35)17-26(36)19-27)46(44,45)28-14-12-23(3)13-15-28/h4-15,17-19,22,32H,16,20-21H2,1-3H3,(H,39,43). The molecule has 4 aromatic carbocycles. The Bertz CT molecular complexity index is 1760. The number of anilines is 1. The van der Waals surface area contributed by atoms with E-state index in [-0.39, 0.29) is 39.6 Å². The summed E-state index contributed by atoms with van der Waals surface area (Å²) < 4.78 is 29.3. The highest BCUT2D eigenvalue weighted by atomic mass is 35.5. The quantitative estimate of drug-likeness (QED) is 0.161. The Balaban J connectivity index is 1.86. The Morgan fingerprint density at radius 2 is 1.39 bits per heavy atom. The van der Waals surface area contributed by atoms with E-state index in [0.717, 1.165) is 15.4 Å². The van der Waals surface area contributed by atoms with Gasteiger partial charge in [-0.2, -0.15) is 0 Å². The maximum Gasteiger partial charge on any atom is 0.264 e. The van der Waals surface area contributed by atoms with Crippen LogP contribution in [0.15, 0.2) is 95.9 Å². The summed E-state index contributed by atoms with van der Waals surface area (Å²) in [5, 5.41) is 3.85. The molecule has 1 N–H and O–H groups in total. The Morgan fingerprint density at radius 1 is 0.804 bits per heavy atom. The SMILES string of the molecule is Cc1ccc(S(=O)(=O)N(CC(=O)N(Cc2c(Cl)cccc2Cl)C(Cc2ccccc2)C(=O)NC(C)C)c2cc(Cl)cc(Cl)c2)cc1. The van der Waals surface area contributed by atoms with Crippen molar-refractivity contribution in [2.75, 3.05) is 10.8 Å². The molecule has 46 heavy (non-hydrogen) atoms. The van der Waals surface area contributed by atoms with Gasteiger partial charge >= 0.3 is 0 Å². The van der Waals surface area contributed by atoms with Crippen molar-refractivity contribution in [1.29, 1.82) is 0 Å². The maximum atomic E-state index is 14.6. The molecule has 0 heterocycles. The van der Waals surface area contributed by atoms with Crippen LogP contribution in [0.5, 0.6) is 0 Å². The van der Waals surface area contributed by atoms with Gasteiger partial charge in [-0.25, -0.2) is 8.42 Å². The highest BCUT2D eigenvalue weighted by Gasteiger charge is 2.35. The summed E-state index contributed by atoms with van der Waals surface area (Å²) in [7, 11) is -4.33. The van der Waals surface area contributed by atoms with Crippen LogP contribution in [0.1, 0.15) is 30.5 Å². The summed E-state index contributed by atoms with van der Waals surface area (Å²) in [5.41, 5.74) is 2.14. The Hall–Kier alpha value is -3.27. The second-order valence-electron chi connectivity index (χ2n) is 11.0. The van der Waals surface area contributed by atoms with E-state index < -0.39 is 34.4 Å². The average Bonchev–Trinajstić information content (AvgIpc) is 2.98. The Kier molecular flexibility index (Phi) is 12.0. The molecule has 0 saturated heterocycles. The van der Waals surface area contributed by atoms with E-state index in [1.807, 2.05) is 51.1 Å². The van der Waals surface area contributed by atoms with E-state index in [9.17, 15) is 18.0 Å². The van der Waals surface area contributed by atoms with Gasteiger partial charge in [0.05, 0.1) is 10.6 Å². The summed E-state index contributed by atoms with van der Waals surface area (Å²) in [4.78, 5) is 29.7. The van der Waals surface area contributed by atoms with Crippen molar-refractivity contribution in [2.24, 2.45) is 0 Å². The monoisotopic (exact) mass is 719 g/mol. The molecular formula is C34H33Cl4N3O4S. The van der Waals surface area contributed by atoms with Crippen molar-refractivity contribution >= 4 is 73.9 Å². The van der Waals surface area contributed by atoms with Gasteiger partial charge < -0.3 is 10.2 Å². The van der Waals surface area contributed by atoms with E-state index in [0.29, 0.717) is 15.6 Å². The van der Waals surface area contributed by atoms with E-state index in [2.05, 4.69) is 5.32 Å². The van der Waals surface area contributed by atoms with Gasteiger partial charge in [0, 0.05) is 44.7 Å². The largest absolute Gasteiger partial charge is 0.352 e. The topological polar surface area (TPSA) is 86.8 Å². The Morgan fingerprint density at radius 3 is 1.96 bits per heavy atom. The first kappa shape index (κ1) is 35.6. The molecule has 0 aliphatic carbocycles. The smallest absolute Gasteiger partial charge is 0.264 e. The molecule has 0 saturated carbocycles. The van der Waals surface area contributed by atoms with E-state index in [4.69, 9.17) is 46.4 Å². The molecule has 0 radical (unpaired) electrons. The van der Waals surface area contributed by atoms with Gasteiger partial charge in [0.1, 0.15) is 12.6 Å². The van der Waals surface area contributed by atoms with E-state index in [1.165, 1.54) is 35.2 Å². The van der Waals surface area contributed by atoms with Crippen LogP contribution in [0.25, 0.3) is 0 Å². The zero-order valence-electron chi connectivity index (χ0n) is 25.4. The number of benzene rings is 4. The number of nitrogens with one attached hydrogen (secondary N) is 1. The molecular weight excluding hydrogens is 688 g/mol. The lowest BCUT2D eigenvalue weighted by molar-refractivity contribution is -0.140. The first-order valence-corrected chi connectivity index (χ1v) is 17.3. The number of carbonyl (C=O) groups excluding carboxylic acids is 2. The number of sulfonamides is 1. The second kappa shape index (κ2) is 15.5. The van der Waals surface area contributed by atoms with Crippen LogP contribution < -0.4 is 9.62 Å². The molecule has 0 aliphatic heterocycles. The fourth-order valence-corrected chi connectivity index (χ4v) is 7.27. The third-order valence-electron chi connectivity index (χ3n) is 7.12. The van der Waals surface area contributed by atoms with Gasteiger partial charge in [-0.3, -0.25) is 13.9 Å². The minimum absolute atomic E-state index is 0.0407. The van der Waals surface area contributed by atoms with Crippen LogP contribution in [0.4, 0.5) is 5.69 Å². The number of hydrogen-bond donors (Lipinski definition) is 1. The second-order valence-corrected chi connectivity index (χ2v) is 14.6. The average molecular weight is 722 g/mol. The van der Waals surface area contributed by atoms with Gasteiger partial charge in [-0.1, -0.05) is 100 Å². The molecule has 0 bridgehead atoms. The summed E-state index contributed by atoms with van der Waals surface area (Å²) in [5.74, 6) is -1.10. The summed E-state index contributed by atoms with van der Waals surface area (Å²) in [6.07, 6.45) is 0.140. The molecule has 0 aromatic heterocycles. The van der Waals surface area contributed by atoms with Gasteiger partial charge in [-0.05, 0) is 68.8 Å². The van der Waals surface area contributed by atoms with Crippen molar-refractivity contribution in [3.8, 4) is 0 Å². The predicted molar refractivity (Wildman–Crippen MR) is 186 cm³/mol. The molecule has 242 valence electrons. The van der Waals surface area contributed by atoms with Crippen molar-refractivity contribution in [3.63, 3.8) is 0 Å². The van der Waals surface area contributed by atoms with Crippen LogP contribution >= 0.6 is 46.4 Å². The molecule has 12 heteroatoms. The third kappa shape index (κ3) is 8.96. The van der Waals surface area contributed by atoms with Crippen LogP contribution in [0.2, 0.25) is 20.1 Å². The number of hydrogen-bond acceptors (Lipinski definition) is 4. The van der Waals surface area contributed by atoms with Gasteiger partial charge in [0.15, 0.2) is 0 Å². The molecule has 4 rings (SSSR count). The molecule has 1 unspecified atom stereocenters. The van der Waals surface area contributed by atoms with Crippen molar-refractivity contribution < 1.29 is 18.0 Å². The maximum absolute atomic E-state index is 14.6. The number of rotatable bonds is 12. The van der Waals surface area contributed by atoms with Crippen molar-refractivity contribution in [2.45, 2.75) is 50.7 Å². The minimum atomic E-state index is -4.33.